The highest BCUT2D eigenvalue weighted by molar-refractivity contribution is 7.80. The summed E-state index contributed by atoms with van der Waals surface area (Å²) >= 11 is -2.44. The van der Waals surface area contributed by atoms with E-state index in [0.717, 1.165) is 5.56 Å². The molecule has 0 aromatic heterocycles. The molecule has 1 unspecified atom stereocenters. The molecule has 1 aromatic rings. The SMILES string of the molecule is Cc1ccc(N(NC(=O)O)S(=O)O)cc1. The van der Waals surface area contributed by atoms with Gasteiger partial charge < -0.3 is 5.11 Å². The van der Waals surface area contributed by atoms with Crippen molar-refractivity contribution >= 4 is 23.0 Å². The summed E-state index contributed by atoms with van der Waals surface area (Å²) in [6.07, 6.45) is -1.40. The van der Waals surface area contributed by atoms with Crippen molar-refractivity contribution in [1.82, 2.24) is 5.43 Å². The first-order valence-electron chi connectivity index (χ1n) is 3.98. The van der Waals surface area contributed by atoms with Crippen LogP contribution in [-0.2, 0) is 11.3 Å². The molecule has 0 aliphatic rings. The zero-order valence-corrected chi connectivity index (χ0v) is 8.69. The number of hydrazine groups is 1. The normalized spacial score (nSPS) is 11.9. The molecule has 0 radical (unpaired) electrons. The number of hydrogen-bond donors (Lipinski definition) is 3. The predicted octanol–water partition coefficient (Wildman–Crippen LogP) is 1.12. The Morgan fingerprint density at radius 3 is 2.33 bits per heavy atom. The number of nitrogens with one attached hydrogen (secondary N) is 1. The van der Waals surface area contributed by atoms with Crippen molar-refractivity contribution in [2.75, 3.05) is 4.41 Å². The summed E-state index contributed by atoms with van der Waals surface area (Å²) in [4.78, 5) is 10.4. The molecule has 1 amide bonds. The van der Waals surface area contributed by atoms with Crippen LogP contribution < -0.4 is 9.84 Å². The van der Waals surface area contributed by atoms with Crippen LogP contribution in [0.1, 0.15) is 5.56 Å². The molecule has 0 aliphatic heterocycles. The fourth-order valence-corrected chi connectivity index (χ4v) is 1.42. The number of hydrogen-bond acceptors (Lipinski definition) is 2. The Kier molecular flexibility index (Phi) is 3.64. The van der Waals surface area contributed by atoms with E-state index in [1.807, 2.05) is 12.3 Å². The van der Waals surface area contributed by atoms with Gasteiger partial charge in [0.25, 0.3) is 11.3 Å². The van der Waals surface area contributed by atoms with E-state index in [0.29, 0.717) is 10.1 Å². The highest BCUT2D eigenvalue weighted by Gasteiger charge is 2.14. The van der Waals surface area contributed by atoms with Crippen LogP contribution in [0.2, 0.25) is 0 Å². The van der Waals surface area contributed by atoms with Crippen LogP contribution in [0, 0.1) is 6.92 Å². The van der Waals surface area contributed by atoms with E-state index in [1.54, 1.807) is 24.3 Å². The summed E-state index contributed by atoms with van der Waals surface area (Å²) in [6.45, 7) is 1.86. The molecule has 0 saturated carbocycles. The van der Waals surface area contributed by atoms with Crippen molar-refractivity contribution in [2.45, 2.75) is 6.92 Å². The minimum Gasteiger partial charge on any atom is -0.464 e. The molecule has 0 bridgehead atoms. The molecule has 7 heteroatoms. The zero-order valence-electron chi connectivity index (χ0n) is 7.88. The van der Waals surface area contributed by atoms with Gasteiger partial charge in [-0.15, -0.1) is 0 Å². The fraction of sp³-hybridized carbons (Fsp3) is 0.125. The van der Waals surface area contributed by atoms with Crippen LogP contribution in [0.4, 0.5) is 10.5 Å². The molecular weight excluding hydrogens is 220 g/mol. The molecule has 0 aliphatic carbocycles. The number of carboxylic acid groups (broad SMARTS) is 1. The van der Waals surface area contributed by atoms with Crippen molar-refractivity contribution < 1.29 is 18.7 Å². The monoisotopic (exact) mass is 230 g/mol. The molecule has 15 heavy (non-hydrogen) atoms. The van der Waals surface area contributed by atoms with E-state index in [4.69, 9.17) is 9.66 Å². The number of nitrogens with zero attached hydrogens (tertiary/aromatic N) is 1. The van der Waals surface area contributed by atoms with Crippen LogP contribution in [0.25, 0.3) is 0 Å². The summed E-state index contributed by atoms with van der Waals surface area (Å²) < 4.78 is 20.3. The van der Waals surface area contributed by atoms with E-state index < -0.39 is 17.4 Å². The maximum Gasteiger partial charge on any atom is 0.424 e. The lowest BCUT2D eigenvalue weighted by atomic mass is 10.2. The van der Waals surface area contributed by atoms with E-state index in [-0.39, 0.29) is 0 Å². The minimum atomic E-state index is -2.44. The topological polar surface area (TPSA) is 89.9 Å². The van der Waals surface area contributed by atoms with Gasteiger partial charge in [0.2, 0.25) is 0 Å². The van der Waals surface area contributed by atoms with Gasteiger partial charge in [-0.1, -0.05) is 17.7 Å². The number of aryl methyl sites for hydroxylation is 1. The highest BCUT2D eigenvalue weighted by atomic mass is 32.2. The van der Waals surface area contributed by atoms with Crippen molar-refractivity contribution in [3.63, 3.8) is 0 Å². The Bertz CT molecular complexity index is 379. The average Bonchev–Trinajstić information content (AvgIpc) is 2.15. The summed E-state index contributed by atoms with van der Waals surface area (Å²) in [5, 5.41) is 8.45. The first-order chi connectivity index (χ1) is 7.00. The van der Waals surface area contributed by atoms with Gasteiger partial charge in [-0.05, 0) is 19.1 Å². The predicted molar refractivity (Wildman–Crippen MR) is 55.6 cm³/mol. The van der Waals surface area contributed by atoms with Crippen molar-refractivity contribution in [2.24, 2.45) is 0 Å². The van der Waals surface area contributed by atoms with Gasteiger partial charge in [-0.25, -0.2) is 14.4 Å². The number of rotatable bonds is 3. The Labute approximate surface area is 88.9 Å². The van der Waals surface area contributed by atoms with Crippen molar-refractivity contribution in [3.05, 3.63) is 29.8 Å². The van der Waals surface area contributed by atoms with Gasteiger partial charge in [0.1, 0.15) is 0 Å². The Balaban J connectivity index is 2.94. The maximum atomic E-state index is 10.8. The van der Waals surface area contributed by atoms with Crippen LogP contribution in [-0.4, -0.2) is 20.0 Å². The van der Waals surface area contributed by atoms with Gasteiger partial charge in [0.15, 0.2) is 0 Å². The van der Waals surface area contributed by atoms with E-state index >= 15 is 0 Å². The van der Waals surface area contributed by atoms with E-state index in [9.17, 15) is 9.00 Å². The van der Waals surface area contributed by atoms with Gasteiger partial charge >= 0.3 is 6.09 Å². The molecule has 1 rings (SSSR count). The molecule has 0 saturated heterocycles. The number of benzene rings is 1. The fourth-order valence-electron chi connectivity index (χ4n) is 0.961. The molecule has 82 valence electrons. The second-order valence-electron chi connectivity index (χ2n) is 2.78. The third-order valence-electron chi connectivity index (χ3n) is 1.62. The van der Waals surface area contributed by atoms with Gasteiger partial charge in [-0.3, -0.25) is 4.55 Å². The van der Waals surface area contributed by atoms with Crippen LogP contribution in [0.15, 0.2) is 24.3 Å². The molecule has 3 N–H and O–H groups in total. The first-order valence-corrected chi connectivity index (χ1v) is 5.04. The van der Waals surface area contributed by atoms with Crippen molar-refractivity contribution in [1.29, 1.82) is 0 Å². The molecule has 6 nitrogen and oxygen atoms in total. The summed E-state index contributed by atoms with van der Waals surface area (Å²) in [6, 6.07) is 6.50. The maximum absolute atomic E-state index is 10.8. The van der Waals surface area contributed by atoms with E-state index in [2.05, 4.69) is 0 Å². The lowest BCUT2D eigenvalue weighted by Crippen LogP contribution is -2.42. The molecule has 0 heterocycles. The van der Waals surface area contributed by atoms with Crippen LogP contribution in [0.3, 0.4) is 0 Å². The summed E-state index contributed by atoms with van der Waals surface area (Å²) in [5.41, 5.74) is 3.08. The second-order valence-corrected chi connectivity index (χ2v) is 3.60. The summed E-state index contributed by atoms with van der Waals surface area (Å²) in [7, 11) is 0. The number of amides is 1. The smallest absolute Gasteiger partial charge is 0.424 e. The second kappa shape index (κ2) is 4.76. The Morgan fingerprint density at radius 1 is 1.40 bits per heavy atom. The average molecular weight is 230 g/mol. The van der Waals surface area contributed by atoms with Crippen LogP contribution >= 0.6 is 0 Å². The van der Waals surface area contributed by atoms with Crippen LogP contribution in [0.5, 0.6) is 0 Å². The largest absolute Gasteiger partial charge is 0.464 e. The highest BCUT2D eigenvalue weighted by Crippen LogP contribution is 2.14. The van der Waals surface area contributed by atoms with Crippen molar-refractivity contribution in [3.8, 4) is 0 Å². The van der Waals surface area contributed by atoms with E-state index in [1.165, 1.54) is 0 Å². The third-order valence-corrected chi connectivity index (χ3v) is 2.24. The Hall–Kier alpha value is -1.60. The van der Waals surface area contributed by atoms with Gasteiger partial charge in [0.05, 0.1) is 5.69 Å². The standard InChI is InChI=1S/C8H10N2O4S/c1-6-2-4-7(5-3-6)10(15(13)14)9-8(11)12/h2-5,9H,1H3,(H,11,12)(H,13,14). The molecule has 0 spiro atoms. The van der Waals surface area contributed by atoms with Gasteiger partial charge in [-0.2, -0.15) is 4.41 Å². The lowest BCUT2D eigenvalue weighted by Gasteiger charge is -2.18. The Morgan fingerprint density at radius 2 is 1.93 bits per heavy atom. The van der Waals surface area contributed by atoms with Gasteiger partial charge in [0, 0.05) is 0 Å². The summed E-state index contributed by atoms with van der Waals surface area (Å²) in [5.74, 6) is 0. The molecule has 1 atom stereocenters. The molecule has 0 fully saturated rings. The quantitative estimate of drug-likeness (QED) is 0.536. The molecule has 1 aromatic carbocycles. The molecular formula is C8H10N2O4S. The first kappa shape index (κ1) is 11.5. The zero-order chi connectivity index (χ0) is 11.4. The minimum absolute atomic E-state index is 0.295. The number of carbonyl (C=O) groups is 1. The third kappa shape index (κ3) is 3.22. The lowest BCUT2D eigenvalue weighted by molar-refractivity contribution is 0.195. The number of anilines is 1.